The van der Waals surface area contributed by atoms with Crippen LogP contribution in [0.5, 0.6) is 5.75 Å². The molecule has 0 unspecified atom stereocenters. The predicted molar refractivity (Wildman–Crippen MR) is 59.9 cm³/mol. The average Bonchev–Trinajstić information content (AvgIpc) is 2.29. The van der Waals surface area contributed by atoms with Gasteiger partial charge in [0.2, 0.25) is 0 Å². The lowest BCUT2D eigenvalue weighted by Crippen LogP contribution is -2.29. The van der Waals surface area contributed by atoms with Crippen LogP contribution in [-0.4, -0.2) is 20.3 Å². The molecule has 0 atom stereocenters. The van der Waals surface area contributed by atoms with Gasteiger partial charge >= 0.3 is 0 Å². The van der Waals surface area contributed by atoms with Crippen molar-refractivity contribution < 1.29 is 9.57 Å². The fourth-order valence-electron chi connectivity index (χ4n) is 1.67. The van der Waals surface area contributed by atoms with Gasteiger partial charge in [-0.1, -0.05) is 0 Å². The lowest BCUT2D eigenvalue weighted by atomic mass is 10.2. The number of methoxy groups -OCH3 is 1. The Labute approximate surface area is 89.5 Å². The number of ether oxygens (including phenoxy) is 1. The maximum Gasteiger partial charge on any atom is 0.123 e. The summed E-state index contributed by atoms with van der Waals surface area (Å²) in [6.45, 7) is 1.68. The second-order valence-corrected chi connectivity index (χ2v) is 3.61. The van der Waals surface area contributed by atoms with E-state index < -0.39 is 0 Å². The van der Waals surface area contributed by atoms with Crippen LogP contribution in [0.2, 0.25) is 0 Å². The molecule has 82 valence electrons. The summed E-state index contributed by atoms with van der Waals surface area (Å²) >= 11 is 0. The molecule has 1 aromatic carbocycles. The number of hydrogen-bond donors (Lipinski definition) is 1. The van der Waals surface area contributed by atoms with E-state index in [0.29, 0.717) is 5.69 Å². The van der Waals surface area contributed by atoms with Crippen molar-refractivity contribution in [3.05, 3.63) is 18.2 Å². The van der Waals surface area contributed by atoms with Gasteiger partial charge in [-0.2, -0.15) is 0 Å². The Kier molecular flexibility index (Phi) is 2.97. The molecule has 1 saturated heterocycles. The van der Waals surface area contributed by atoms with Crippen molar-refractivity contribution in [3.63, 3.8) is 0 Å². The van der Waals surface area contributed by atoms with Gasteiger partial charge in [0.25, 0.3) is 0 Å². The summed E-state index contributed by atoms with van der Waals surface area (Å²) in [6.07, 6.45) is 2.27. The van der Waals surface area contributed by atoms with Crippen LogP contribution in [0.25, 0.3) is 0 Å². The maximum atomic E-state index is 5.78. The van der Waals surface area contributed by atoms with Crippen molar-refractivity contribution in [3.8, 4) is 5.75 Å². The number of rotatable bonds is 2. The minimum absolute atomic E-state index is 0.693. The summed E-state index contributed by atoms with van der Waals surface area (Å²) in [5.41, 5.74) is 7.44. The molecule has 1 heterocycles. The minimum atomic E-state index is 0.693. The van der Waals surface area contributed by atoms with Gasteiger partial charge in [0.15, 0.2) is 0 Å². The van der Waals surface area contributed by atoms with E-state index in [-0.39, 0.29) is 0 Å². The lowest BCUT2D eigenvalue weighted by Gasteiger charge is -2.28. The number of hydroxylamine groups is 1. The van der Waals surface area contributed by atoms with Crippen molar-refractivity contribution in [1.29, 1.82) is 0 Å². The topological polar surface area (TPSA) is 47.7 Å². The number of nitrogens with zero attached hydrogens (tertiary/aromatic N) is 1. The fourth-order valence-corrected chi connectivity index (χ4v) is 1.67. The fraction of sp³-hybridized carbons (Fsp3) is 0.455. The molecule has 2 N–H and O–H groups in total. The Morgan fingerprint density at radius 1 is 1.33 bits per heavy atom. The third kappa shape index (κ3) is 2.33. The van der Waals surface area contributed by atoms with E-state index in [1.807, 2.05) is 17.2 Å². The number of benzene rings is 1. The summed E-state index contributed by atoms with van der Waals surface area (Å²) in [6, 6.07) is 5.63. The normalized spacial score (nSPS) is 16.5. The molecular formula is C11H16N2O2. The third-order valence-electron chi connectivity index (χ3n) is 2.44. The summed E-state index contributed by atoms with van der Waals surface area (Å²) in [5.74, 6) is 0.763. The quantitative estimate of drug-likeness (QED) is 0.753. The first kappa shape index (κ1) is 10.1. The van der Waals surface area contributed by atoms with Crippen LogP contribution in [0.15, 0.2) is 18.2 Å². The molecule has 0 saturated carbocycles. The van der Waals surface area contributed by atoms with E-state index in [0.717, 1.165) is 37.4 Å². The van der Waals surface area contributed by atoms with Gasteiger partial charge in [0, 0.05) is 24.4 Å². The molecule has 1 aliphatic rings. The SMILES string of the molecule is COc1cc(N)cc(N2CCCCO2)c1. The molecule has 0 aliphatic carbocycles. The first-order chi connectivity index (χ1) is 7.29. The van der Waals surface area contributed by atoms with Crippen LogP contribution in [-0.2, 0) is 4.84 Å². The smallest absolute Gasteiger partial charge is 0.123 e. The van der Waals surface area contributed by atoms with Crippen molar-refractivity contribution >= 4 is 11.4 Å². The van der Waals surface area contributed by atoms with Gasteiger partial charge in [-0.3, -0.25) is 9.90 Å². The summed E-state index contributed by atoms with van der Waals surface area (Å²) in [7, 11) is 1.63. The first-order valence-electron chi connectivity index (χ1n) is 5.14. The van der Waals surface area contributed by atoms with Gasteiger partial charge in [-0.05, 0) is 18.9 Å². The number of hydrogen-bond acceptors (Lipinski definition) is 4. The largest absolute Gasteiger partial charge is 0.497 e. The van der Waals surface area contributed by atoms with Crippen LogP contribution in [0.4, 0.5) is 11.4 Å². The minimum Gasteiger partial charge on any atom is -0.497 e. The molecule has 4 nitrogen and oxygen atoms in total. The Morgan fingerprint density at radius 3 is 2.87 bits per heavy atom. The molecule has 0 amide bonds. The molecule has 1 fully saturated rings. The Bertz CT molecular complexity index is 335. The van der Waals surface area contributed by atoms with Crippen molar-refractivity contribution in [2.75, 3.05) is 31.1 Å². The standard InChI is InChI=1S/C11H16N2O2/c1-14-11-7-9(12)6-10(8-11)13-4-2-3-5-15-13/h6-8H,2-5,12H2,1H3. The molecule has 0 spiro atoms. The molecule has 0 bridgehead atoms. The summed E-state index contributed by atoms with van der Waals surface area (Å²) < 4.78 is 5.16. The number of anilines is 2. The zero-order chi connectivity index (χ0) is 10.7. The van der Waals surface area contributed by atoms with Crippen LogP contribution < -0.4 is 15.5 Å². The lowest BCUT2D eigenvalue weighted by molar-refractivity contribution is 0.0778. The van der Waals surface area contributed by atoms with Gasteiger partial charge in [0.1, 0.15) is 5.75 Å². The highest BCUT2D eigenvalue weighted by molar-refractivity contribution is 5.59. The third-order valence-corrected chi connectivity index (χ3v) is 2.44. The van der Waals surface area contributed by atoms with E-state index in [1.54, 1.807) is 13.2 Å². The van der Waals surface area contributed by atoms with Gasteiger partial charge in [-0.15, -0.1) is 0 Å². The number of nitrogens with two attached hydrogens (primary N) is 1. The Hall–Kier alpha value is -1.42. The first-order valence-corrected chi connectivity index (χ1v) is 5.14. The predicted octanol–water partition coefficient (Wildman–Crippen LogP) is 1.81. The highest BCUT2D eigenvalue weighted by Gasteiger charge is 2.13. The van der Waals surface area contributed by atoms with E-state index in [4.69, 9.17) is 15.3 Å². The van der Waals surface area contributed by atoms with E-state index >= 15 is 0 Å². The molecule has 0 aromatic heterocycles. The van der Waals surface area contributed by atoms with Gasteiger partial charge in [0.05, 0.1) is 19.4 Å². The van der Waals surface area contributed by atoms with Crippen LogP contribution in [0, 0.1) is 0 Å². The number of nitrogen functional groups attached to an aromatic ring is 1. The molecule has 0 radical (unpaired) electrons. The molecule has 1 aliphatic heterocycles. The summed E-state index contributed by atoms with van der Waals surface area (Å²) in [4.78, 5) is 5.54. The molecule has 1 aromatic rings. The van der Waals surface area contributed by atoms with Crippen molar-refractivity contribution in [1.82, 2.24) is 0 Å². The van der Waals surface area contributed by atoms with Gasteiger partial charge < -0.3 is 10.5 Å². The second kappa shape index (κ2) is 4.40. The van der Waals surface area contributed by atoms with Crippen LogP contribution in [0.1, 0.15) is 12.8 Å². The maximum absolute atomic E-state index is 5.78. The zero-order valence-corrected chi connectivity index (χ0v) is 8.90. The van der Waals surface area contributed by atoms with E-state index in [1.165, 1.54) is 0 Å². The Morgan fingerprint density at radius 2 is 2.20 bits per heavy atom. The van der Waals surface area contributed by atoms with Crippen LogP contribution in [0.3, 0.4) is 0 Å². The zero-order valence-electron chi connectivity index (χ0n) is 8.90. The van der Waals surface area contributed by atoms with Crippen LogP contribution >= 0.6 is 0 Å². The Balaban J connectivity index is 2.22. The molecule has 4 heteroatoms. The van der Waals surface area contributed by atoms with Crippen molar-refractivity contribution in [2.24, 2.45) is 0 Å². The molecule has 2 rings (SSSR count). The van der Waals surface area contributed by atoms with Crippen molar-refractivity contribution in [2.45, 2.75) is 12.8 Å². The summed E-state index contributed by atoms with van der Waals surface area (Å²) in [5, 5.41) is 1.88. The van der Waals surface area contributed by atoms with E-state index in [9.17, 15) is 0 Å². The highest BCUT2D eigenvalue weighted by atomic mass is 16.7. The monoisotopic (exact) mass is 208 g/mol. The second-order valence-electron chi connectivity index (χ2n) is 3.61. The molecule has 15 heavy (non-hydrogen) atoms. The highest BCUT2D eigenvalue weighted by Crippen LogP contribution is 2.27. The van der Waals surface area contributed by atoms with Gasteiger partial charge in [-0.25, -0.2) is 0 Å². The van der Waals surface area contributed by atoms with E-state index in [2.05, 4.69) is 0 Å². The molecular weight excluding hydrogens is 192 g/mol. The average molecular weight is 208 g/mol.